The Hall–Kier alpha value is -1.35. The van der Waals surface area contributed by atoms with Crippen LogP contribution in [0, 0.1) is 17.8 Å². The van der Waals surface area contributed by atoms with Gasteiger partial charge in [0.05, 0.1) is 5.92 Å². The predicted molar refractivity (Wildman–Crippen MR) is 73.9 cm³/mol. The van der Waals surface area contributed by atoms with Crippen LogP contribution >= 0.6 is 0 Å². The Morgan fingerprint density at radius 3 is 2.68 bits per heavy atom. The molecule has 0 aromatic heterocycles. The molecular weight excluding hydrogens is 238 g/mol. The molecule has 1 aromatic rings. The summed E-state index contributed by atoms with van der Waals surface area (Å²) in [5, 5.41) is 12.9. The molecular formula is C16H21NO2. The van der Waals surface area contributed by atoms with Crippen LogP contribution in [-0.2, 0) is 11.2 Å². The first-order valence-electron chi connectivity index (χ1n) is 7.26. The molecule has 0 amide bonds. The largest absolute Gasteiger partial charge is 0.481 e. The van der Waals surface area contributed by atoms with Crippen LogP contribution in [0.3, 0.4) is 0 Å². The van der Waals surface area contributed by atoms with Crippen LogP contribution in [0.4, 0.5) is 0 Å². The molecule has 2 N–H and O–H groups in total. The number of nitrogens with one attached hydrogen (secondary N) is 1. The molecule has 2 aliphatic carbocycles. The molecule has 2 bridgehead atoms. The van der Waals surface area contributed by atoms with Crippen LogP contribution in [0.25, 0.3) is 0 Å². The average molecular weight is 259 g/mol. The number of benzene rings is 1. The van der Waals surface area contributed by atoms with Gasteiger partial charge < -0.3 is 10.4 Å². The van der Waals surface area contributed by atoms with Gasteiger partial charge in [-0.3, -0.25) is 4.79 Å². The van der Waals surface area contributed by atoms with Crippen LogP contribution in [-0.4, -0.2) is 23.7 Å². The number of fused-ring (bicyclic) bond motifs is 2. The SMILES string of the molecule is O=C(O)C1C2CCC(C2)C1NCCc1ccccc1. The van der Waals surface area contributed by atoms with E-state index in [0.29, 0.717) is 11.8 Å². The zero-order valence-electron chi connectivity index (χ0n) is 11.1. The van der Waals surface area contributed by atoms with Crippen molar-refractivity contribution in [2.45, 2.75) is 31.7 Å². The maximum absolute atomic E-state index is 11.4. The van der Waals surface area contributed by atoms with Gasteiger partial charge >= 0.3 is 5.97 Å². The minimum Gasteiger partial charge on any atom is -0.481 e. The molecule has 0 aliphatic heterocycles. The Kier molecular flexibility index (Phi) is 3.56. The number of carbonyl (C=O) groups is 1. The Labute approximate surface area is 114 Å². The second-order valence-electron chi connectivity index (χ2n) is 5.91. The van der Waals surface area contributed by atoms with Crippen molar-refractivity contribution in [2.75, 3.05) is 6.54 Å². The van der Waals surface area contributed by atoms with Crippen molar-refractivity contribution in [3.05, 3.63) is 35.9 Å². The normalized spacial score (nSPS) is 32.6. The fourth-order valence-electron chi connectivity index (χ4n) is 3.97. The third kappa shape index (κ3) is 2.52. The minimum atomic E-state index is -0.607. The molecule has 0 saturated heterocycles. The summed E-state index contributed by atoms with van der Waals surface area (Å²) >= 11 is 0. The highest BCUT2D eigenvalue weighted by Crippen LogP contribution is 2.48. The second kappa shape index (κ2) is 5.33. The van der Waals surface area contributed by atoms with Gasteiger partial charge in [0.2, 0.25) is 0 Å². The zero-order valence-corrected chi connectivity index (χ0v) is 11.1. The van der Waals surface area contributed by atoms with E-state index in [2.05, 4.69) is 17.4 Å². The third-order valence-corrected chi connectivity index (χ3v) is 4.84. The van der Waals surface area contributed by atoms with Gasteiger partial charge in [-0.05, 0) is 49.6 Å². The summed E-state index contributed by atoms with van der Waals surface area (Å²) in [6.07, 6.45) is 4.40. The molecule has 3 rings (SSSR count). The van der Waals surface area contributed by atoms with E-state index < -0.39 is 5.97 Å². The summed E-state index contributed by atoms with van der Waals surface area (Å²) in [6.45, 7) is 0.877. The molecule has 2 saturated carbocycles. The van der Waals surface area contributed by atoms with E-state index in [4.69, 9.17) is 0 Å². The zero-order chi connectivity index (χ0) is 13.2. The first-order valence-corrected chi connectivity index (χ1v) is 7.26. The lowest BCUT2D eigenvalue weighted by molar-refractivity contribution is -0.144. The van der Waals surface area contributed by atoms with Gasteiger partial charge in [-0.25, -0.2) is 0 Å². The monoisotopic (exact) mass is 259 g/mol. The van der Waals surface area contributed by atoms with E-state index in [1.54, 1.807) is 0 Å². The van der Waals surface area contributed by atoms with E-state index in [9.17, 15) is 9.90 Å². The number of aliphatic carboxylic acids is 1. The van der Waals surface area contributed by atoms with E-state index in [1.165, 1.54) is 12.0 Å². The average Bonchev–Trinajstić information content (AvgIpc) is 3.00. The second-order valence-corrected chi connectivity index (χ2v) is 5.91. The van der Waals surface area contributed by atoms with Crippen LogP contribution in [0.15, 0.2) is 30.3 Å². The van der Waals surface area contributed by atoms with Gasteiger partial charge in [-0.15, -0.1) is 0 Å². The summed E-state index contributed by atoms with van der Waals surface area (Å²) in [6, 6.07) is 10.6. The summed E-state index contributed by atoms with van der Waals surface area (Å²) in [7, 11) is 0. The van der Waals surface area contributed by atoms with E-state index in [1.807, 2.05) is 18.2 Å². The Morgan fingerprint density at radius 2 is 1.95 bits per heavy atom. The first kappa shape index (κ1) is 12.7. The Bertz CT molecular complexity index is 445. The molecule has 0 heterocycles. The predicted octanol–water partition coefficient (Wildman–Crippen LogP) is 2.32. The molecule has 2 aliphatic rings. The topological polar surface area (TPSA) is 49.3 Å². The van der Waals surface area contributed by atoms with Gasteiger partial charge in [-0.1, -0.05) is 30.3 Å². The number of rotatable bonds is 5. The third-order valence-electron chi connectivity index (χ3n) is 4.84. The standard InChI is InChI=1S/C16H21NO2/c18-16(19)14-12-6-7-13(10-12)15(14)17-9-8-11-4-2-1-3-5-11/h1-5,12-15,17H,6-10H2,(H,18,19). The quantitative estimate of drug-likeness (QED) is 0.853. The maximum Gasteiger partial charge on any atom is 0.308 e. The lowest BCUT2D eigenvalue weighted by atomic mass is 9.84. The summed E-state index contributed by atoms with van der Waals surface area (Å²) in [5.41, 5.74) is 1.31. The Morgan fingerprint density at radius 1 is 1.21 bits per heavy atom. The van der Waals surface area contributed by atoms with Gasteiger partial charge in [0.15, 0.2) is 0 Å². The minimum absolute atomic E-state index is 0.158. The van der Waals surface area contributed by atoms with E-state index in [-0.39, 0.29) is 12.0 Å². The fraction of sp³-hybridized carbons (Fsp3) is 0.562. The lowest BCUT2D eigenvalue weighted by Crippen LogP contribution is -2.44. The molecule has 4 unspecified atom stereocenters. The molecule has 2 fully saturated rings. The molecule has 102 valence electrons. The summed E-state index contributed by atoms with van der Waals surface area (Å²) in [5.74, 6) is 0.234. The maximum atomic E-state index is 11.4. The van der Waals surface area contributed by atoms with Crippen molar-refractivity contribution in [1.29, 1.82) is 0 Å². The van der Waals surface area contributed by atoms with Crippen molar-refractivity contribution in [2.24, 2.45) is 17.8 Å². The van der Waals surface area contributed by atoms with Gasteiger partial charge in [-0.2, -0.15) is 0 Å². The summed E-state index contributed by atoms with van der Waals surface area (Å²) < 4.78 is 0. The highest BCUT2D eigenvalue weighted by Gasteiger charge is 2.50. The van der Waals surface area contributed by atoms with Crippen LogP contribution < -0.4 is 5.32 Å². The van der Waals surface area contributed by atoms with E-state index >= 15 is 0 Å². The van der Waals surface area contributed by atoms with Crippen molar-refractivity contribution in [1.82, 2.24) is 5.32 Å². The molecule has 3 nitrogen and oxygen atoms in total. The smallest absolute Gasteiger partial charge is 0.308 e. The molecule has 0 radical (unpaired) electrons. The summed E-state index contributed by atoms with van der Waals surface area (Å²) in [4.78, 5) is 11.4. The van der Waals surface area contributed by atoms with Gasteiger partial charge in [0.25, 0.3) is 0 Å². The Balaban J connectivity index is 1.56. The first-order chi connectivity index (χ1) is 9.25. The highest BCUT2D eigenvalue weighted by molar-refractivity contribution is 5.72. The fourth-order valence-corrected chi connectivity index (χ4v) is 3.97. The van der Waals surface area contributed by atoms with Crippen molar-refractivity contribution >= 4 is 5.97 Å². The molecule has 1 aromatic carbocycles. The van der Waals surface area contributed by atoms with Crippen molar-refractivity contribution in [3.63, 3.8) is 0 Å². The molecule has 4 atom stereocenters. The van der Waals surface area contributed by atoms with Crippen molar-refractivity contribution in [3.8, 4) is 0 Å². The van der Waals surface area contributed by atoms with E-state index in [0.717, 1.165) is 25.8 Å². The van der Waals surface area contributed by atoms with Gasteiger partial charge in [0, 0.05) is 6.04 Å². The lowest BCUT2D eigenvalue weighted by Gasteiger charge is -2.29. The molecule has 0 spiro atoms. The number of hydrogen-bond acceptors (Lipinski definition) is 2. The number of hydrogen-bond donors (Lipinski definition) is 2. The highest BCUT2D eigenvalue weighted by atomic mass is 16.4. The van der Waals surface area contributed by atoms with Crippen LogP contribution in [0.5, 0.6) is 0 Å². The number of carboxylic acid groups (broad SMARTS) is 1. The van der Waals surface area contributed by atoms with Crippen LogP contribution in [0.2, 0.25) is 0 Å². The van der Waals surface area contributed by atoms with Crippen molar-refractivity contribution < 1.29 is 9.90 Å². The number of carboxylic acids is 1. The van der Waals surface area contributed by atoms with Crippen LogP contribution in [0.1, 0.15) is 24.8 Å². The molecule has 19 heavy (non-hydrogen) atoms. The molecule has 3 heteroatoms. The van der Waals surface area contributed by atoms with Gasteiger partial charge in [0.1, 0.15) is 0 Å².